The van der Waals surface area contributed by atoms with E-state index >= 15 is 0 Å². The first-order valence-electron chi connectivity index (χ1n) is 10.1. The van der Waals surface area contributed by atoms with E-state index in [4.69, 9.17) is 4.42 Å². The van der Waals surface area contributed by atoms with Crippen LogP contribution in [0, 0.1) is 13.8 Å². The third-order valence-electron chi connectivity index (χ3n) is 5.45. The van der Waals surface area contributed by atoms with E-state index in [-0.39, 0.29) is 11.5 Å². The van der Waals surface area contributed by atoms with Gasteiger partial charge in [-0.05, 0) is 44.0 Å². The van der Waals surface area contributed by atoms with Crippen LogP contribution in [0.2, 0.25) is 0 Å². The molecule has 0 saturated heterocycles. The molecule has 0 fully saturated rings. The largest absolute Gasteiger partial charge is 0.455 e. The molecule has 0 aliphatic rings. The average molecular weight is 396 g/mol. The number of anilines is 1. The lowest BCUT2D eigenvalue weighted by Gasteiger charge is -2.20. The first-order chi connectivity index (χ1) is 14.5. The number of aryl methyl sites for hydroxylation is 1. The molecular formula is C27H25NO2. The normalized spacial score (nSPS) is 12.0. The summed E-state index contributed by atoms with van der Waals surface area (Å²) in [5.74, 6) is 0.622. The zero-order valence-corrected chi connectivity index (χ0v) is 17.5. The zero-order chi connectivity index (χ0) is 21.3. The minimum absolute atomic E-state index is 0.0127. The summed E-state index contributed by atoms with van der Waals surface area (Å²) in [5.41, 5.74) is 6.18. The van der Waals surface area contributed by atoms with Crippen LogP contribution in [0.25, 0.3) is 28.4 Å². The average Bonchev–Trinajstić information content (AvgIpc) is 2.77. The Hall–Kier alpha value is -3.59. The van der Waals surface area contributed by atoms with Gasteiger partial charge in [0.15, 0.2) is 5.43 Å². The molecule has 4 aromatic rings. The van der Waals surface area contributed by atoms with Crippen molar-refractivity contribution in [1.82, 2.24) is 0 Å². The molecule has 30 heavy (non-hydrogen) atoms. The predicted octanol–water partition coefficient (Wildman–Crippen LogP) is 6.89. The standard InChI is InChI=1S/C27H25NO2/c1-5-20-11-9-10-14-24(20)28-19(4)22-15-17(2)16-23-25(29)18(3)26(30-27(22)23)21-12-7-6-8-13-21/h5-16,19,28H,1H2,2-4H3. The Morgan fingerprint density at radius 2 is 1.70 bits per heavy atom. The lowest BCUT2D eigenvalue weighted by molar-refractivity contribution is 0.605. The van der Waals surface area contributed by atoms with Gasteiger partial charge in [0.1, 0.15) is 11.3 Å². The maximum Gasteiger partial charge on any atom is 0.196 e. The quantitative estimate of drug-likeness (QED) is 0.400. The third kappa shape index (κ3) is 3.55. The molecule has 0 aliphatic heterocycles. The summed E-state index contributed by atoms with van der Waals surface area (Å²) in [6.07, 6.45) is 1.83. The molecule has 3 heteroatoms. The highest BCUT2D eigenvalue weighted by molar-refractivity contribution is 5.84. The Bertz CT molecular complexity index is 1290. The Labute approximate surface area is 176 Å². The first kappa shape index (κ1) is 19.7. The van der Waals surface area contributed by atoms with Crippen LogP contribution in [-0.2, 0) is 0 Å². The second-order valence-electron chi connectivity index (χ2n) is 7.64. The van der Waals surface area contributed by atoms with Crippen LogP contribution in [0.1, 0.15) is 35.2 Å². The van der Waals surface area contributed by atoms with Gasteiger partial charge in [-0.1, -0.05) is 67.3 Å². The van der Waals surface area contributed by atoms with E-state index in [0.717, 1.165) is 27.9 Å². The van der Waals surface area contributed by atoms with Gasteiger partial charge >= 0.3 is 0 Å². The Morgan fingerprint density at radius 3 is 2.43 bits per heavy atom. The SMILES string of the molecule is C=Cc1ccccc1NC(C)c1cc(C)cc2c(=O)c(C)c(-c3ccccc3)oc12. The van der Waals surface area contributed by atoms with E-state index in [2.05, 4.69) is 24.9 Å². The van der Waals surface area contributed by atoms with E-state index in [0.29, 0.717) is 22.3 Å². The number of hydrogen-bond acceptors (Lipinski definition) is 3. The maximum absolute atomic E-state index is 13.2. The van der Waals surface area contributed by atoms with Crippen LogP contribution in [0.3, 0.4) is 0 Å². The van der Waals surface area contributed by atoms with Crippen LogP contribution in [-0.4, -0.2) is 0 Å². The van der Waals surface area contributed by atoms with Gasteiger partial charge in [0.2, 0.25) is 0 Å². The fourth-order valence-corrected chi connectivity index (χ4v) is 3.87. The smallest absolute Gasteiger partial charge is 0.196 e. The summed E-state index contributed by atoms with van der Waals surface area (Å²) in [5, 5.41) is 4.18. The lowest BCUT2D eigenvalue weighted by atomic mass is 9.98. The highest BCUT2D eigenvalue weighted by Crippen LogP contribution is 2.32. The summed E-state index contributed by atoms with van der Waals surface area (Å²) in [4.78, 5) is 13.2. The minimum atomic E-state index is -0.0667. The van der Waals surface area contributed by atoms with Gasteiger partial charge in [0, 0.05) is 22.4 Å². The summed E-state index contributed by atoms with van der Waals surface area (Å²) in [6, 6.07) is 21.8. The molecule has 0 aliphatic carbocycles. The highest BCUT2D eigenvalue weighted by atomic mass is 16.3. The Morgan fingerprint density at radius 1 is 1.00 bits per heavy atom. The molecule has 1 heterocycles. The molecule has 1 N–H and O–H groups in total. The molecule has 150 valence electrons. The third-order valence-corrected chi connectivity index (χ3v) is 5.45. The van der Waals surface area contributed by atoms with Gasteiger partial charge in [-0.3, -0.25) is 4.79 Å². The molecule has 0 saturated carbocycles. The van der Waals surface area contributed by atoms with Crippen molar-refractivity contribution in [2.24, 2.45) is 0 Å². The van der Waals surface area contributed by atoms with E-state index in [1.807, 2.05) is 80.6 Å². The lowest BCUT2D eigenvalue weighted by Crippen LogP contribution is -2.12. The molecule has 4 rings (SSSR count). The van der Waals surface area contributed by atoms with Crippen molar-refractivity contribution in [3.8, 4) is 11.3 Å². The van der Waals surface area contributed by atoms with Crippen molar-refractivity contribution in [3.63, 3.8) is 0 Å². The van der Waals surface area contributed by atoms with Crippen molar-refractivity contribution >= 4 is 22.7 Å². The topological polar surface area (TPSA) is 42.2 Å². The first-order valence-corrected chi connectivity index (χ1v) is 10.1. The van der Waals surface area contributed by atoms with Crippen molar-refractivity contribution < 1.29 is 4.42 Å². The molecule has 3 aromatic carbocycles. The summed E-state index contributed by atoms with van der Waals surface area (Å²) < 4.78 is 6.40. The van der Waals surface area contributed by atoms with Gasteiger partial charge in [0.05, 0.1) is 11.4 Å². The van der Waals surface area contributed by atoms with Gasteiger partial charge in [-0.2, -0.15) is 0 Å². The fourth-order valence-electron chi connectivity index (χ4n) is 3.87. The van der Waals surface area contributed by atoms with Gasteiger partial charge in [0.25, 0.3) is 0 Å². The number of hydrogen-bond donors (Lipinski definition) is 1. The summed E-state index contributed by atoms with van der Waals surface area (Å²) in [6.45, 7) is 9.82. The molecule has 0 radical (unpaired) electrons. The zero-order valence-electron chi connectivity index (χ0n) is 17.5. The summed E-state index contributed by atoms with van der Waals surface area (Å²) >= 11 is 0. The van der Waals surface area contributed by atoms with E-state index in [1.165, 1.54) is 0 Å². The van der Waals surface area contributed by atoms with Gasteiger partial charge in [-0.15, -0.1) is 0 Å². The van der Waals surface area contributed by atoms with Crippen LogP contribution >= 0.6 is 0 Å². The molecule has 0 spiro atoms. The van der Waals surface area contributed by atoms with Crippen molar-refractivity contribution in [1.29, 1.82) is 0 Å². The van der Waals surface area contributed by atoms with Crippen molar-refractivity contribution in [2.75, 3.05) is 5.32 Å². The molecule has 1 aromatic heterocycles. The Kier molecular flexibility index (Phi) is 5.28. The predicted molar refractivity (Wildman–Crippen MR) is 126 cm³/mol. The van der Waals surface area contributed by atoms with Gasteiger partial charge in [-0.25, -0.2) is 0 Å². The molecule has 0 amide bonds. The Balaban J connectivity index is 1.90. The van der Waals surface area contributed by atoms with E-state index in [1.54, 1.807) is 0 Å². The molecule has 3 nitrogen and oxygen atoms in total. The molecule has 1 atom stereocenters. The van der Waals surface area contributed by atoms with E-state index in [9.17, 15) is 4.79 Å². The van der Waals surface area contributed by atoms with Gasteiger partial charge < -0.3 is 9.73 Å². The van der Waals surface area contributed by atoms with Crippen LogP contribution < -0.4 is 10.7 Å². The number of para-hydroxylation sites is 1. The summed E-state index contributed by atoms with van der Waals surface area (Å²) in [7, 11) is 0. The molecular weight excluding hydrogens is 370 g/mol. The van der Waals surface area contributed by atoms with E-state index < -0.39 is 0 Å². The maximum atomic E-state index is 13.2. The second kappa shape index (κ2) is 8.03. The highest BCUT2D eigenvalue weighted by Gasteiger charge is 2.19. The molecule has 1 unspecified atom stereocenters. The van der Waals surface area contributed by atoms with Crippen molar-refractivity contribution in [2.45, 2.75) is 26.8 Å². The van der Waals surface area contributed by atoms with Crippen LogP contribution in [0.4, 0.5) is 5.69 Å². The van der Waals surface area contributed by atoms with Crippen molar-refractivity contribution in [3.05, 3.63) is 106 Å². The molecule has 0 bridgehead atoms. The fraction of sp³-hybridized carbons (Fsp3) is 0.148. The number of rotatable bonds is 5. The number of fused-ring (bicyclic) bond motifs is 1. The van der Waals surface area contributed by atoms with Crippen LogP contribution in [0.5, 0.6) is 0 Å². The number of benzene rings is 3. The second-order valence-corrected chi connectivity index (χ2v) is 7.64. The minimum Gasteiger partial charge on any atom is -0.455 e. The van der Waals surface area contributed by atoms with Crippen LogP contribution in [0.15, 0.2) is 82.5 Å². The number of nitrogens with one attached hydrogen (secondary N) is 1. The monoisotopic (exact) mass is 395 g/mol.